The molecule has 1 aliphatic rings. The van der Waals surface area contributed by atoms with Crippen molar-refractivity contribution in [2.24, 2.45) is 5.92 Å². The first-order chi connectivity index (χ1) is 14.1. The number of rotatable bonds is 7. The van der Waals surface area contributed by atoms with Gasteiger partial charge in [-0.25, -0.2) is 0 Å². The quantitative estimate of drug-likeness (QED) is 0.574. The Morgan fingerprint density at radius 3 is 2.38 bits per heavy atom. The van der Waals surface area contributed by atoms with Crippen LogP contribution in [-0.2, 0) is 6.54 Å². The van der Waals surface area contributed by atoms with Crippen LogP contribution in [0.4, 0.5) is 0 Å². The van der Waals surface area contributed by atoms with Crippen molar-refractivity contribution in [2.45, 2.75) is 32.4 Å². The number of hydrogen-bond donors (Lipinski definition) is 1. The Morgan fingerprint density at radius 1 is 0.931 bits per heavy atom. The fraction of sp³-hybridized carbons (Fsp3) is 0.385. The molecule has 3 heteroatoms. The molecule has 3 aromatic rings. The second kappa shape index (κ2) is 8.98. The summed E-state index contributed by atoms with van der Waals surface area (Å²) in [6.07, 6.45) is 1.98. The molecule has 29 heavy (non-hydrogen) atoms. The maximum absolute atomic E-state index is 10.8. The number of piperidine rings is 1. The summed E-state index contributed by atoms with van der Waals surface area (Å²) in [4.78, 5) is 0. The molecule has 3 aromatic carbocycles. The van der Waals surface area contributed by atoms with Crippen molar-refractivity contribution in [3.05, 3.63) is 78.4 Å². The summed E-state index contributed by atoms with van der Waals surface area (Å²) in [6.45, 7) is 6.67. The van der Waals surface area contributed by atoms with Gasteiger partial charge >= 0.3 is 0 Å². The molecule has 1 heterocycles. The van der Waals surface area contributed by atoms with E-state index in [0.29, 0.717) is 6.61 Å². The Hall–Kier alpha value is -2.36. The van der Waals surface area contributed by atoms with Crippen LogP contribution in [0.5, 0.6) is 5.75 Å². The Labute approximate surface area is 174 Å². The third kappa shape index (κ3) is 5.17. The predicted octanol–water partition coefficient (Wildman–Crippen LogP) is 5.03. The van der Waals surface area contributed by atoms with Gasteiger partial charge in [0.05, 0.1) is 13.1 Å². The predicted molar refractivity (Wildman–Crippen MR) is 119 cm³/mol. The molecular formula is C26H32NO2+. The van der Waals surface area contributed by atoms with E-state index in [2.05, 4.69) is 61.5 Å². The van der Waals surface area contributed by atoms with Gasteiger partial charge in [0.1, 0.15) is 31.5 Å². The van der Waals surface area contributed by atoms with Crippen molar-refractivity contribution in [3.8, 4) is 5.75 Å². The minimum atomic E-state index is -0.474. The average Bonchev–Trinajstić information content (AvgIpc) is 2.75. The van der Waals surface area contributed by atoms with Crippen molar-refractivity contribution >= 4 is 10.8 Å². The Balaban J connectivity index is 1.41. The van der Waals surface area contributed by atoms with E-state index in [1.165, 1.54) is 23.8 Å². The zero-order chi connectivity index (χ0) is 20.1. The zero-order valence-corrected chi connectivity index (χ0v) is 17.3. The highest BCUT2D eigenvalue weighted by Gasteiger charge is 2.35. The van der Waals surface area contributed by atoms with E-state index in [1.807, 2.05) is 18.2 Å². The highest BCUT2D eigenvalue weighted by atomic mass is 16.5. The van der Waals surface area contributed by atoms with Gasteiger partial charge in [0, 0.05) is 5.56 Å². The average molecular weight is 391 g/mol. The summed E-state index contributed by atoms with van der Waals surface area (Å²) < 4.78 is 6.93. The van der Waals surface area contributed by atoms with Crippen LogP contribution in [0.3, 0.4) is 0 Å². The van der Waals surface area contributed by atoms with Crippen LogP contribution in [0, 0.1) is 5.92 Å². The number of likely N-dealkylation sites (tertiary alicyclic amines) is 1. The number of aliphatic hydroxyl groups is 1. The van der Waals surface area contributed by atoms with E-state index in [1.54, 1.807) is 0 Å². The minimum absolute atomic E-state index is 0.336. The van der Waals surface area contributed by atoms with E-state index in [4.69, 9.17) is 4.74 Å². The number of aliphatic hydroxyl groups excluding tert-OH is 1. The molecule has 0 radical (unpaired) electrons. The Morgan fingerprint density at radius 2 is 1.62 bits per heavy atom. The monoisotopic (exact) mass is 390 g/mol. The molecule has 1 unspecified atom stereocenters. The third-order valence-electron chi connectivity index (χ3n) is 6.31. The highest BCUT2D eigenvalue weighted by molar-refractivity contribution is 5.83. The van der Waals surface area contributed by atoms with Crippen LogP contribution >= 0.6 is 0 Å². The van der Waals surface area contributed by atoms with Gasteiger partial charge in [0.15, 0.2) is 0 Å². The molecule has 4 rings (SSSR count). The van der Waals surface area contributed by atoms with E-state index in [-0.39, 0.29) is 0 Å². The summed E-state index contributed by atoms with van der Waals surface area (Å²) in [5, 5.41) is 13.2. The van der Waals surface area contributed by atoms with Gasteiger partial charge in [-0.15, -0.1) is 0 Å². The minimum Gasteiger partial charge on any atom is -0.491 e. The molecule has 1 N–H and O–H groups in total. The van der Waals surface area contributed by atoms with Crippen LogP contribution in [0.15, 0.2) is 72.8 Å². The van der Waals surface area contributed by atoms with E-state index >= 15 is 0 Å². The van der Waals surface area contributed by atoms with E-state index in [9.17, 15) is 5.11 Å². The van der Waals surface area contributed by atoms with Gasteiger partial charge in [-0.1, -0.05) is 67.6 Å². The van der Waals surface area contributed by atoms with Gasteiger partial charge in [0.25, 0.3) is 0 Å². The molecule has 1 aliphatic heterocycles. The summed E-state index contributed by atoms with van der Waals surface area (Å²) in [5.41, 5.74) is 1.35. The van der Waals surface area contributed by atoms with Gasteiger partial charge in [0.2, 0.25) is 0 Å². The van der Waals surface area contributed by atoms with Crippen LogP contribution in [-0.4, -0.2) is 41.9 Å². The molecule has 0 amide bonds. The molecule has 152 valence electrons. The summed E-state index contributed by atoms with van der Waals surface area (Å²) in [6, 6.07) is 25.1. The second-order valence-electron chi connectivity index (χ2n) is 8.77. The van der Waals surface area contributed by atoms with Crippen molar-refractivity contribution in [1.29, 1.82) is 0 Å². The largest absolute Gasteiger partial charge is 0.491 e. The lowest BCUT2D eigenvalue weighted by molar-refractivity contribution is -0.948. The Kier molecular flexibility index (Phi) is 6.17. The standard InChI is InChI=1S/C26H32NO2/c1-21-13-15-27(16-14-21,18-22-7-3-2-4-8-22)19-25(28)20-29-26-12-11-23-9-5-6-10-24(23)17-26/h2-12,17,21,25,28H,13-16,18-20H2,1H3/q+1. The molecule has 0 aromatic heterocycles. The molecule has 1 saturated heterocycles. The van der Waals surface area contributed by atoms with Crippen molar-refractivity contribution < 1.29 is 14.3 Å². The fourth-order valence-corrected chi connectivity index (χ4v) is 4.57. The zero-order valence-electron chi connectivity index (χ0n) is 17.3. The maximum Gasteiger partial charge on any atom is 0.137 e. The molecule has 1 atom stereocenters. The number of nitrogens with zero attached hydrogens (tertiary/aromatic N) is 1. The van der Waals surface area contributed by atoms with Crippen LogP contribution in [0.2, 0.25) is 0 Å². The van der Waals surface area contributed by atoms with Gasteiger partial charge in [-0.2, -0.15) is 0 Å². The number of quaternary nitrogens is 1. The van der Waals surface area contributed by atoms with Crippen molar-refractivity contribution in [3.63, 3.8) is 0 Å². The second-order valence-corrected chi connectivity index (χ2v) is 8.77. The smallest absolute Gasteiger partial charge is 0.137 e. The lowest BCUT2D eigenvalue weighted by atomic mass is 9.95. The summed E-state index contributed by atoms with van der Waals surface area (Å²) in [7, 11) is 0. The number of fused-ring (bicyclic) bond motifs is 1. The van der Waals surface area contributed by atoms with Crippen molar-refractivity contribution in [1.82, 2.24) is 0 Å². The van der Waals surface area contributed by atoms with Gasteiger partial charge in [-0.3, -0.25) is 0 Å². The van der Waals surface area contributed by atoms with Crippen molar-refractivity contribution in [2.75, 3.05) is 26.2 Å². The first-order valence-electron chi connectivity index (χ1n) is 10.8. The Bertz CT molecular complexity index is 916. The van der Waals surface area contributed by atoms with Gasteiger partial charge < -0.3 is 14.3 Å². The van der Waals surface area contributed by atoms with Gasteiger partial charge in [-0.05, 0) is 41.7 Å². The lowest BCUT2D eigenvalue weighted by Crippen LogP contribution is -2.56. The lowest BCUT2D eigenvalue weighted by Gasteiger charge is -2.44. The molecule has 0 aliphatic carbocycles. The topological polar surface area (TPSA) is 29.5 Å². The summed E-state index contributed by atoms with van der Waals surface area (Å²) >= 11 is 0. The highest BCUT2D eigenvalue weighted by Crippen LogP contribution is 2.27. The first kappa shape index (κ1) is 19.9. The molecule has 0 saturated carbocycles. The summed E-state index contributed by atoms with van der Waals surface area (Å²) in [5.74, 6) is 1.60. The van der Waals surface area contributed by atoms with Crippen LogP contribution in [0.25, 0.3) is 10.8 Å². The molecule has 0 spiro atoms. The van der Waals surface area contributed by atoms with E-state index in [0.717, 1.165) is 47.7 Å². The molecule has 0 bridgehead atoms. The number of benzene rings is 3. The molecule has 1 fully saturated rings. The maximum atomic E-state index is 10.8. The fourth-order valence-electron chi connectivity index (χ4n) is 4.57. The molecule has 3 nitrogen and oxygen atoms in total. The number of ether oxygens (including phenoxy) is 1. The van der Waals surface area contributed by atoms with Crippen LogP contribution in [0.1, 0.15) is 25.3 Å². The van der Waals surface area contributed by atoms with E-state index < -0.39 is 6.10 Å². The SMILES string of the molecule is CC1CC[N+](Cc2ccccc2)(CC(O)COc2ccc3ccccc3c2)CC1. The normalized spacial score (nSPS) is 23.0. The molecular weight excluding hydrogens is 358 g/mol. The van der Waals surface area contributed by atoms with Crippen LogP contribution < -0.4 is 4.74 Å². The third-order valence-corrected chi connectivity index (χ3v) is 6.31. The first-order valence-corrected chi connectivity index (χ1v) is 10.8. The number of hydrogen-bond acceptors (Lipinski definition) is 2.